The number of aliphatic hydroxyl groups excluding tert-OH is 2. The van der Waals surface area contributed by atoms with Crippen LogP contribution in [0.3, 0.4) is 0 Å². The Labute approximate surface area is 245 Å². The zero-order valence-corrected chi connectivity index (χ0v) is 24.7. The second-order valence-corrected chi connectivity index (χ2v) is 13.2. The van der Waals surface area contributed by atoms with E-state index < -0.39 is 42.4 Å². The SMILES string of the molecule is Cn1ccnc1CN1C[C@@H]2C[C@H]1C(=O)N1CCN(C(=O)CC(C)(C)C)[C@@H](C1)C(=O)NC[C@H]1O[C@@H](CC(=O)N2)[C@H](O)[C@@H]1O. The second-order valence-electron chi connectivity index (χ2n) is 13.2. The molecular weight excluding hydrogens is 546 g/mol. The van der Waals surface area contributed by atoms with Crippen LogP contribution in [-0.2, 0) is 37.5 Å². The first-order chi connectivity index (χ1) is 19.8. The molecule has 5 rings (SSSR count). The van der Waals surface area contributed by atoms with Crippen molar-refractivity contribution in [2.45, 2.75) is 89.1 Å². The number of carbonyl (C=O) groups is 4. The maximum Gasteiger partial charge on any atom is 0.244 e. The van der Waals surface area contributed by atoms with Gasteiger partial charge in [0.1, 0.15) is 30.2 Å². The van der Waals surface area contributed by atoms with Crippen molar-refractivity contribution in [1.82, 2.24) is 34.9 Å². The molecule has 14 nitrogen and oxygen atoms in total. The largest absolute Gasteiger partial charge is 0.388 e. The Balaban J connectivity index is 1.43. The smallest absolute Gasteiger partial charge is 0.244 e. The molecule has 1 aromatic heterocycles. The Morgan fingerprint density at radius 3 is 2.52 bits per heavy atom. The molecule has 0 radical (unpaired) electrons. The van der Waals surface area contributed by atoms with Gasteiger partial charge in [0.25, 0.3) is 0 Å². The van der Waals surface area contributed by atoms with Gasteiger partial charge < -0.3 is 40.0 Å². The number of rotatable bonds is 3. The fourth-order valence-electron chi connectivity index (χ4n) is 6.39. The van der Waals surface area contributed by atoms with Crippen LogP contribution in [0.25, 0.3) is 0 Å². The summed E-state index contributed by atoms with van der Waals surface area (Å²) >= 11 is 0. The van der Waals surface area contributed by atoms with Gasteiger partial charge in [-0.05, 0) is 11.8 Å². The Morgan fingerprint density at radius 1 is 1.10 bits per heavy atom. The molecule has 6 bridgehead atoms. The molecule has 1 aromatic rings. The highest BCUT2D eigenvalue weighted by Crippen LogP contribution is 2.28. The minimum absolute atomic E-state index is 0.0175. The van der Waals surface area contributed by atoms with Crippen molar-refractivity contribution < 1.29 is 34.1 Å². The standard InChI is InChI=1S/C28H43N7O7/c1-28(2,3)11-23(37)35-8-7-33-14-18(35)26(40)30-12-20-25(39)24(38)19(42-20)10-22(36)31-16-9-17(27(33)41)34(13-16)15-21-29-5-6-32(21)4/h5-6,16-20,24-25,38-39H,7-15H2,1-4H3,(H,30,40)(H,31,36)/t16-,17-,18-,19-,20+,24-,25+/m0/s1. The number of imidazole rings is 1. The normalized spacial score (nSPS) is 33.1. The number of nitrogens with zero attached hydrogens (tertiary/aromatic N) is 5. The Hall–Kier alpha value is -3.07. The molecule has 4 aliphatic rings. The molecule has 4 saturated heterocycles. The van der Waals surface area contributed by atoms with Crippen molar-refractivity contribution in [2.24, 2.45) is 12.5 Å². The number of aliphatic hydroxyl groups is 2. The third-order valence-corrected chi connectivity index (χ3v) is 8.64. The lowest BCUT2D eigenvalue weighted by Crippen LogP contribution is -2.63. The Morgan fingerprint density at radius 2 is 1.83 bits per heavy atom. The molecule has 0 aromatic carbocycles. The van der Waals surface area contributed by atoms with Gasteiger partial charge in [0.05, 0.1) is 31.7 Å². The van der Waals surface area contributed by atoms with E-state index in [1.165, 1.54) is 0 Å². The minimum atomic E-state index is -1.30. The molecule has 4 fully saturated rings. The third-order valence-electron chi connectivity index (χ3n) is 8.64. The molecule has 4 N–H and O–H groups in total. The number of carbonyl (C=O) groups excluding carboxylic acids is 4. The lowest BCUT2D eigenvalue weighted by Gasteiger charge is -2.42. The van der Waals surface area contributed by atoms with E-state index in [0.717, 1.165) is 5.82 Å². The average molecular weight is 590 g/mol. The highest BCUT2D eigenvalue weighted by atomic mass is 16.5. The number of likely N-dealkylation sites (tertiary alicyclic amines) is 1. The summed E-state index contributed by atoms with van der Waals surface area (Å²) in [5.74, 6) is -0.394. The number of amides is 4. The van der Waals surface area contributed by atoms with Crippen LogP contribution in [0.5, 0.6) is 0 Å². The number of hydrogen-bond donors (Lipinski definition) is 4. The van der Waals surface area contributed by atoms with E-state index in [0.29, 0.717) is 19.5 Å². The van der Waals surface area contributed by atoms with Crippen molar-refractivity contribution in [3.05, 3.63) is 18.2 Å². The highest BCUT2D eigenvalue weighted by Gasteiger charge is 2.47. The molecule has 232 valence electrons. The quantitative estimate of drug-likeness (QED) is 0.310. The molecule has 14 heteroatoms. The van der Waals surface area contributed by atoms with E-state index in [9.17, 15) is 29.4 Å². The van der Waals surface area contributed by atoms with Gasteiger partial charge in [-0.1, -0.05) is 20.8 Å². The first-order valence-electron chi connectivity index (χ1n) is 14.7. The molecule has 5 heterocycles. The second kappa shape index (κ2) is 11.9. The lowest BCUT2D eigenvalue weighted by molar-refractivity contribution is -0.151. The molecule has 4 aliphatic heterocycles. The van der Waals surface area contributed by atoms with E-state index in [-0.39, 0.29) is 68.2 Å². The number of ether oxygens (including phenoxy) is 1. The zero-order valence-electron chi connectivity index (χ0n) is 24.7. The van der Waals surface area contributed by atoms with Crippen LogP contribution in [0.1, 0.15) is 45.9 Å². The summed E-state index contributed by atoms with van der Waals surface area (Å²) < 4.78 is 7.69. The minimum Gasteiger partial charge on any atom is -0.388 e. The van der Waals surface area contributed by atoms with Crippen molar-refractivity contribution >= 4 is 23.6 Å². The van der Waals surface area contributed by atoms with Gasteiger partial charge in [-0.15, -0.1) is 0 Å². The van der Waals surface area contributed by atoms with Gasteiger partial charge in [0, 0.05) is 58.1 Å². The summed E-state index contributed by atoms with van der Waals surface area (Å²) in [5, 5.41) is 26.9. The first-order valence-corrected chi connectivity index (χ1v) is 14.7. The molecule has 7 atom stereocenters. The van der Waals surface area contributed by atoms with E-state index in [2.05, 4.69) is 15.6 Å². The summed E-state index contributed by atoms with van der Waals surface area (Å²) in [7, 11) is 1.88. The summed E-state index contributed by atoms with van der Waals surface area (Å²) in [6.45, 7) is 7.03. The van der Waals surface area contributed by atoms with Crippen LogP contribution in [0.4, 0.5) is 0 Å². The number of hydrogen-bond acceptors (Lipinski definition) is 9. The monoisotopic (exact) mass is 589 g/mol. The molecule has 4 amide bonds. The van der Waals surface area contributed by atoms with Crippen LogP contribution in [0, 0.1) is 5.41 Å². The Bertz CT molecular complexity index is 1200. The van der Waals surface area contributed by atoms with E-state index in [1.54, 1.807) is 16.0 Å². The van der Waals surface area contributed by atoms with E-state index >= 15 is 0 Å². The van der Waals surface area contributed by atoms with Gasteiger partial charge in [-0.3, -0.25) is 24.1 Å². The molecular formula is C28H43N7O7. The predicted octanol–water partition coefficient (Wildman–Crippen LogP) is -2.04. The van der Waals surface area contributed by atoms with Gasteiger partial charge in [0.15, 0.2) is 0 Å². The first kappa shape index (κ1) is 30.4. The number of fused-ring (bicyclic) bond motifs is 6. The van der Waals surface area contributed by atoms with Gasteiger partial charge in [-0.25, -0.2) is 4.98 Å². The molecule has 0 aliphatic carbocycles. The van der Waals surface area contributed by atoms with Gasteiger partial charge >= 0.3 is 0 Å². The maximum atomic E-state index is 14.0. The van der Waals surface area contributed by atoms with Crippen LogP contribution in [0.2, 0.25) is 0 Å². The van der Waals surface area contributed by atoms with Crippen molar-refractivity contribution in [3.8, 4) is 0 Å². The van der Waals surface area contributed by atoms with Crippen LogP contribution in [-0.4, -0.2) is 133 Å². The number of piperazine rings is 1. The summed E-state index contributed by atoms with van der Waals surface area (Å²) in [5.41, 5.74) is -0.291. The molecule has 42 heavy (non-hydrogen) atoms. The van der Waals surface area contributed by atoms with E-state index in [4.69, 9.17) is 4.74 Å². The average Bonchev–Trinajstić information content (AvgIpc) is 3.59. The summed E-state index contributed by atoms with van der Waals surface area (Å²) in [6, 6.07) is -1.84. The fourth-order valence-corrected chi connectivity index (χ4v) is 6.39. The predicted molar refractivity (Wildman–Crippen MR) is 148 cm³/mol. The van der Waals surface area contributed by atoms with Crippen LogP contribution in [0.15, 0.2) is 12.4 Å². The van der Waals surface area contributed by atoms with E-state index in [1.807, 2.05) is 43.5 Å². The van der Waals surface area contributed by atoms with Gasteiger partial charge in [0.2, 0.25) is 23.6 Å². The third kappa shape index (κ3) is 6.46. The van der Waals surface area contributed by atoms with Gasteiger partial charge in [-0.2, -0.15) is 0 Å². The molecule has 0 spiro atoms. The highest BCUT2D eigenvalue weighted by molar-refractivity contribution is 5.90. The number of aromatic nitrogens is 2. The fraction of sp³-hybridized carbons (Fsp3) is 0.750. The number of nitrogens with one attached hydrogen (secondary N) is 2. The van der Waals surface area contributed by atoms with Crippen LogP contribution >= 0.6 is 0 Å². The Kier molecular flexibility index (Phi) is 8.61. The zero-order chi connectivity index (χ0) is 30.3. The lowest BCUT2D eigenvalue weighted by atomic mass is 9.91. The molecule has 0 unspecified atom stereocenters. The maximum absolute atomic E-state index is 14.0. The molecule has 0 saturated carbocycles. The van der Waals surface area contributed by atoms with Crippen molar-refractivity contribution in [2.75, 3.05) is 32.7 Å². The van der Waals surface area contributed by atoms with Crippen molar-refractivity contribution in [1.29, 1.82) is 0 Å². The van der Waals surface area contributed by atoms with Crippen molar-refractivity contribution in [3.63, 3.8) is 0 Å². The summed E-state index contributed by atoms with van der Waals surface area (Å²) in [4.78, 5) is 63.5. The topological polar surface area (TPSA) is 170 Å². The summed E-state index contributed by atoms with van der Waals surface area (Å²) in [6.07, 6.45) is -0.554. The number of aryl methyl sites for hydroxylation is 1. The van der Waals surface area contributed by atoms with Crippen LogP contribution < -0.4 is 10.6 Å².